The predicted octanol–water partition coefficient (Wildman–Crippen LogP) is -0.155. The molecule has 1 aromatic rings. The fourth-order valence-electron chi connectivity index (χ4n) is 0.981. The molecule has 0 atom stereocenters. The lowest BCUT2D eigenvalue weighted by Gasteiger charge is -2.08. The molecular weight excluding hydrogens is 222 g/mol. The van der Waals surface area contributed by atoms with Crippen molar-refractivity contribution in [1.82, 2.24) is 4.72 Å². The van der Waals surface area contributed by atoms with Gasteiger partial charge in [-0.15, -0.1) is 0 Å². The maximum atomic E-state index is 11.5. The Kier molecular flexibility index (Phi) is 3.12. The van der Waals surface area contributed by atoms with Crippen LogP contribution in [-0.2, 0) is 10.0 Å². The van der Waals surface area contributed by atoms with Crippen LogP contribution in [0.25, 0.3) is 0 Å². The summed E-state index contributed by atoms with van der Waals surface area (Å²) in [6.45, 7) is 0. The number of nitrogens with two attached hydrogens (primary N) is 1. The molecule has 0 saturated heterocycles. The quantitative estimate of drug-likeness (QED) is 0.539. The molecule has 0 fully saturated rings. The fourth-order valence-corrected chi connectivity index (χ4v) is 2.02. The number of rotatable bonds is 3. The van der Waals surface area contributed by atoms with Crippen molar-refractivity contribution >= 4 is 21.7 Å². The Hall–Kier alpha value is -1.80. The maximum absolute atomic E-state index is 11.5. The minimum atomic E-state index is -4.05. The largest absolute Gasteiger partial charge is 0.351 e. The van der Waals surface area contributed by atoms with Gasteiger partial charge in [0.2, 0.25) is 0 Å². The van der Waals surface area contributed by atoms with E-state index in [-0.39, 0.29) is 10.6 Å². The normalized spacial score (nSPS) is 10.7. The van der Waals surface area contributed by atoms with Crippen molar-refractivity contribution in [3.63, 3.8) is 0 Å². The minimum Gasteiger partial charge on any atom is -0.351 e. The first-order valence-corrected chi connectivity index (χ1v) is 5.27. The number of anilines is 1. The molecule has 15 heavy (non-hydrogen) atoms. The first-order chi connectivity index (χ1) is 6.97. The van der Waals surface area contributed by atoms with Gasteiger partial charge in [0, 0.05) is 0 Å². The Morgan fingerprint density at radius 3 is 2.47 bits per heavy atom. The molecule has 0 heterocycles. The van der Waals surface area contributed by atoms with Crippen LogP contribution in [0.2, 0.25) is 0 Å². The molecule has 5 N–H and O–H groups in total. The van der Waals surface area contributed by atoms with E-state index in [1.165, 1.54) is 24.3 Å². The van der Waals surface area contributed by atoms with Crippen LogP contribution < -0.4 is 15.9 Å². The molecular formula is C7H9N3O4S. The topological polar surface area (TPSA) is 122 Å². The Morgan fingerprint density at radius 2 is 1.93 bits per heavy atom. The van der Waals surface area contributed by atoms with Gasteiger partial charge in [0.25, 0.3) is 10.0 Å². The molecule has 0 unspecified atom stereocenters. The van der Waals surface area contributed by atoms with Crippen LogP contribution in [0.1, 0.15) is 0 Å². The molecule has 7 nitrogen and oxygen atoms in total. The van der Waals surface area contributed by atoms with Crippen LogP contribution in [0.4, 0.5) is 10.5 Å². The fraction of sp³-hybridized carbons (Fsp3) is 0. The van der Waals surface area contributed by atoms with Gasteiger partial charge in [0.1, 0.15) is 4.90 Å². The van der Waals surface area contributed by atoms with Crippen molar-refractivity contribution < 1.29 is 18.4 Å². The van der Waals surface area contributed by atoms with Crippen molar-refractivity contribution in [1.29, 1.82) is 0 Å². The summed E-state index contributed by atoms with van der Waals surface area (Å²) in [6, 6.07) is 4.31. The van der Waals surface area contributed by atoms with E-state index in [9.17, 15) is 13.2 Å². The van der Waals surface area contributed by atoms with Gasteiger partial charge < -0.3 is 5.73 Å². The summed E-state index contributed by atoms with van der Waals surface area (Å²) in [5, 5.41) is 8.66. The average molecular weight is 231 g/mol. The summed E-state index contributed by atoms with van der Waals surface area (Å²) in [6.07, 6.45) is 0. The number of nitrogens with one attached hydrogen (secondary N) is 2. The van der Waals surface area contributed by atoms with E-state index >= 15 is 0 Å². The molecule has 0 bridgehead atoms. The number of hydrogen-bond acceptors (Lipinski definition) is 5. The van der Waals surface area contributed by atoms with Crippen molar-refractivity contribution in [2.75, 3.05) is 5.48 Å². The van der Waals surface area contributed by atoms with E-state index in [4.69, 9.17) is 10.9 Å². The molecule has 8 heteroatoms. The van der Waals surface area contributed by atoms with Gasteiger partial charge in [-0.05, 0) is 12.1 Å². The Labute approximate surface area is 85.9 Å². The van der Waals surface area contributed by atoms with Gasteiger partial charge in [0.05, 0.1) is 5.69 Å². The summed E-state index contributed by atoms with van der Waals surface area (Å²) >= 11 is 0. The zero-order valence-corrected chi connectivity index (χ0v) is 8.28. The Balaban J connectivity index is 3.20. The molecule has 1 rings (SSSR count). The molecule has 0 aliphatic heterocycles. The highest BCUT2D eigenvalue weighted by Crippen LogP contribution is 2.19. The van der Waals surface area contributed by atoms with Gasteiger partial charge >= 0.3 is 6.03 Å². The molecule has 0 aliphatic carbocycles. The van der Waals surface area contributed by atoms with Gasteiger partial charge in [-0.1, -0.05) is 12.1 Å². The number of primary amides is 1. The lowest BCUT2D eigenvalue weighted by atomic mass is 10.3. The number of sulfonamides is 1. The predicted molar refractivity (Wildman–Crippen MR) is 51.8 cm³/mol. The number of amides is 2. The van der Waals surface area contributed by atoms with E-state index in [1.807, 2.05) is 0 Å². The zero-order valence-electron chi connectivity index (χ0n) is 7.47. The third-order valence-electron chi connectivity index (χ3n) is 1.53. The van der Waals surface area contributed by atoms with Crippen molar-refractivity contribution in [2.24, 2.45) is 5.73 Å². The number of carbonyl (C=O) groups excluding carboxylic acids is 1. The first-order valence-electron chi connectivity index (χ1n) is 3.79. The molecule has 0 aliphatic rings. The third-order valence-corrected chi connectivity index (χ3v) is 2.94. The number of hydrogen-bond donors (Lipinski definition) is 4. The average Bonchev–Trinajstić information content (AvgIpc) is 2.16. The van der Waals surface area contributed by atoms with Gasteiger partial charge in [-0.25, -0.2) is 17.9 Å². The van der Waals surface area contributed by atoms with E-state index in [0.717, 1.165) is 0 Å². The summed E-state index contributed by atoms with van der Waals surface area (Å²) in [7, 11) is -4.05. The smallest absolute Gasteiger partial charge is 0.326 e. The van der Waals surface area contributed by atoms with E-state index in [0.29, 0.717) is 0 Å². The first kappa shape index (κ1) is 11.3. The zero-order chi connectivity index (χ0) is 11.5. The SMILES string of the molecule is NC(=O)NS(=O)(=O)c1ccccc1NO. The van der Waals surface area contributed by atoms with E-state index in [2.05, 4.69) is 0 Å². The lowest BCUT2D eigenvalue weighted by molar-refractivity contribution is 0.253. The van der Waals surface area contributed by atoms with E-state index < -0.39 is 16.1 Å². The number of urea groups is 1. The lowest BCUT2D eigenvalue weighted by Crippen LogP contribution is -2.35. The third kappa shape index (κ3) is 2.58. The Morgan fingerprint density at radius 1 is 1.33 bits per heavy atom. The van der Waals surface area contributed by atoms with Crippen molar-refractivity contribution in [2.45, 2.75) is 4.90 Å². The molecule has 82 valence electrons. The van der Waals surface area contributed by atoms with Crippen LogP contribution >= 0.6 is 0 Å². The number of para-hydroxylation sites is 1. The van der Waals surface area contributed by atoms with Gasteiger partial charge in [0.15, 0.2) is 0 Å². The monoisotopic (exact) mass is 231 g/mol. The van der Waals surface area contributed by atoms with Crippen molar-refractivity contribution in [3.8, 4) is 0 Å². The second-order valence-corrected chi connectivity index (χ2v) is 4.23. The standard InChI is InChI=1S/C7H9N3O4S/c8-7(11)10-15(13,14)6-4-2-1-3-5(6)9-12/h1-4,9,12H,(H3,8,10,11). The second-order valence-electron chi connectivity index (χ2n) is 2.58. The van der Waals surface area contributed by atoms with Crippen LogP contribution in [-0.4, -0.2) is 19.7 Å². The van der Waals surface area contributed by atoms with Gasteiger partial charge in [-0.2, -0.15) is 0 Å². The molecule has 0 saturated carbocycles. The highest BCUT2D eigenvalue weighted by atomic mass is 32.2. The van der Waals surface area contributed by atoms with Crippen molar-refractivity contribution in [3.05, 3.63) is 24.3 Å². The van der Waals surface area contributed by atoms with Gasteiger partial charge in [-0.3, -0.25) is 10.7 Å². The molecule has 0 radical (unpaired) electrons. The van der Waals surface area contributed by atoms with Crippen LogP contribution in [0.5, 0.6) is 0 Å². The Bertz CT molecular complexity index is 471. The maximum Gasteiger partial charge on any atom is 0.326 e. The highest BCUT2D eigenvalue weighted by Gasteiger charge is 2.19. The number of carbonyl (C=O) groups is 1. The summed E-state index contributed by atoms with van der Waals surface area (Å²) < 4.78 is 24.5. The summed E-state index contributed by atoms with van der Waals surface area (Å²) in [5.41, 5.74) is 6.35. The summed E-state index contributed by atoms with van der Waals surface area (Å²) in [4.78, 5) is 10.2. The molecule has 2 amide bonds. The molecule has 1 aromatic carbocycles. The van der Waals surface area contributed by atoms with Crippen LogP contribution in [0.3, 0.4) is 0 Å². The van der Waals surface area contributed by atoms with Crippen LogP contribution in [0.15, 0.2) is 29.2 Å². The number of benzene rings is 1. The van der Waals surface area contributed by atoms with Crippen LogP contribution in [0, 0.1) is 0 Å². The summed E-state index contributed by atoms with van der Waals surface area (Å²) in [5.74, 6) is 0. The highest BCUT2D eigenvalue weighted by molar-refractivity contribution is 7.90. The second kappa shape index (κ2) is 4.15. The molecule has 0 aromatic heterocycles. The molecule has 0 spiro atoms. The minimum absolute atomic E-state index is 0.0498. The van der Waals surface area contributed by atoms with E-state index in [1.54, 1.807) is 10.2 Å².